The van der Waals surface area contributed by atoms with E-state index in [0.29, 0.717) is 28.0 Å². The Balaban J connectivity index is 1.29. The number of nitrogens with one attached hydrogen (secondary N) is 3. The molecule has 1 saturated heterocycles. The topological polar surface area (TPSA) is 104 Å². The van der Waals surface area contributed by atoms with Gasteiger partial charge in [-0.1, -0.05) is 12.1 Å². The molecule has 8 heteroatoms. The van der Waals surface area contributed by atoms with Crippen molar-refractivity contribution in [3.8, 4) is 0 Å². The lowest BCUT2D eigenvalue weighted by Gasteiger charge is -2.38. The zero-order chi connectivity index (χ0) is 25.1. The third-order valence-corrected chi connectivity index (χ3v) is 8.88. The first-order valence-corrected chi connectivity index (χ1v) is 14.0. The summed E-state index contributed by atoms with van der Waals surface area (Å²) in [5, 5.41) is 9.39. The van der Waals surface area contributed by atoms with Gasteiger partial charge in [-0.2, -0.15) is 0 Å². The van der Waals surface area contributed by atoms with Crippen molar-refractivity contribution >= 4 is 27.3 Å². The molecule has 1 heterocycles. The molecule has 2 aliphatic rings. The van der Waals surface area contributed by atoms with Gasteiger partial charge in [0.25, 0.3) is 5.91 Å². The van der Waals surface area contributed by atoms with Crippen LogP contribution in [0.25, 0.3) is 0 Å². The van der Waals surface area contributed by atoms with E-state index in [9.17, 15) is 18.0 Å². The van der Waals surface area contributed by atoms with Gasteiger partial charge < -0.3 is 16.0 Å². The van der Waals surface area contributed by atoms with Crippen LogP contribution >= 0.6 is 0 Å². The molecule has 0 aromatic heterocycles. The second-order valence-electron chi connectivity index (χ2n) is 10.4. The largest absolute Gasteiger partial charge is 0.347 e. The van der Waals surface area contributed by atoms with Crippen molar-refractivity contribution in [3.63, 3.8) is 0 Å². The average molecular weight is 498 g/mol. The maximum Gasteiger partial charge on any atom is 0.251 e. The molecule has 2 aromatic carbocycles. The van der Waals surface area contributed by atoms with E-state index in [1.54, 1.807) is 48.5 Å². The van der Waals surface area contributed by atoms with E-state index in [1.165, 1.54) is 0 Å². The smallest absolute Gasteiger partial charge is 0.251 e. The van der Waals surface area contributed by atoms with Gasteiger partial charge in [0.2, 0.25) is 5.91 Å². The Bertz CT molecular complexity index is 1150. The molecule has 1 aliphatic heterocycles. The van der Waals surface area contributed by atoms with Crippen LogP contribution < -0.4 is 16.0 Å². The molecule has 2 fully saturated rings. The van der Waals surface area contributed by atoms with Gasteiger partial charge in [0.05, 0.1) is 17.1 Å². The number of anilines is 1. The summed E-state index contributed by atoms with van der Waals surface area (Å²) in [5.41, 5.74) is 1.57. The van der Waals surface area contributed by atoms with Crippen molar-refractivity contribution in [1.82, 2.24) is 10.6 Å². The zero-order valence-corrected chi connectivity index (χ0v) is 21.3. The van der Waals surface area contributed by atoms with Crippen molar-refractivity contribution in [2.75, 3.05) is 24.2 Å². The fourth-order valence-electron chi connectivity index (χ4n) is 4.54. The van der Waals surface area contributed by atoms with Crippen molar-refractivity contribution < 1.29 is 18.0 Å². The monoisotopic (exact) mass is 497 g/mol. The van der Waals surface area contributed by atoms with Gasteiger partial charge >= 0.3 is 0 Å². The summed E-state index contributed by atoms with van der Waals surface area (Å²) in [7, 11) is -3.26. The third kappa shape index (κ3) is 6.92. The van der Waals surface area contributed by atoms with Gasteiger partial charge in [0.15, 0.2) is 9.84 Å². The number of carbonyl (C=O) groups excluding carboxylic acids is 2. The van der Waals surface area contributed by atoms with Gasteiger partial charge in [0, 0.05) is 23.3 Å². The fraction of sp³-hybridized carbons (Fsp3) is 0.481. The summed E-state index contributed by atoms with van der Waals surface area (Å²) in [5.74, 6) is 0.544. The van der Waals surface area contributed by atoms with E-state index in [2.05, 4.69) is 29.8 Å². The molecule has 7 nitrogen and oxygen atoms in total. The minimum atomic E-state index is -3.26. The second kappa shape index (κ2) is 10.5. The van der Waals surface area contributed by atoms with Crippen LogP contribution in [-0.2, 0) is 21.1 Å². The summed E-state index contributed by atoms with van der Waals surface area (Å²) in [6.07, 6.45) is 4.31. The van der Waals surface area contributed by atoms with E-state index >= 15 is 0 Å². The van der Waals surface area contributed by atoms with Crippen molar-refractivity contribution in [3.05, 3.63) is 59.7 Å². The fourth-order valence-corrected chi connectivity index (χ4v) is 6.23. The molecule has 1 atom stereocenters. The minimum absolute atomic E-state index is 0.129. The summed E-state index contributed by atoms with van der Waals surface area (Å²) in [6.45, 7) is 6.05. The number of hydrogen-bond donors (Lipinski definition) is 3. The Morgan fingerprint density at radius 2 is 1.69 bits per heavy atom. The van der Waals surface area contributed by atoms with Crippen LogP contribution in [0.1, 0.15) is 55.5 Å². The van der Waals surface area contributed by atoms with Gasteiger partial charge in [-0.25, -0.2) is 8.42 Å². The van der Waals surface area contributed by atoms with Crippen LogP contribution in [0.3, 0.4) is 0 Å². The highest BCUT2D eigenvalue weighted by Crippen LogP contribution is 2.32. The lowest BCUT2D eigenvalue weighted by atomic mass is 9.82. The lowest BCUT2D eigenvalue weighted by molar-refractivity contribution is -0.115. The Hall–Kier alpha value is -2.71. The first-order valence-electron chi connectivity index (χ1n) is 12.4. The maximum atomic E-state index is 12.8. The maximum absolute atomic E-state index is 12.8. The van der Waals surface area contributed by atoms with Crippen LogP contribution in [0, 0.1) is 11.8 Å². The first-order chi connectivity index (χ1) is 16.6. The van der Waals surface area contributed by atoms with E-state index in [0.717, 1.165) is 44.3 Å². The molecule has 2 aromatic rings. The SMILES string of the molecule is CC(C)(NC(=O)c1ccc(NC(=O)Cc2ccc(S(=O)(=O)CC3CC3)cc2)cc1)C1CCCNC1. The van der Waals surface area contributed by atoms with E-state index in [-0.39, 0.29) is 29.5 Å². The highest BCUT2D eigenvalue weighted by Gasteiger charge is 2.32. The predicted molar refractivity (Wildman–Crippen MR) is 137 cm³/mol. The second-order valence-corrected chi connectivity index (χ2v) is 12.4. The molecule has 1 unspecified atom stereocenters. The quantitative estimate of drug-likeness (QED) is 0.491. The third-order valence-electron chi connectivity index (χ3n) is 6.98. The number of piperidine rings is 1. The molecule has 4 rings (SSSR count). The summed E-state index contributed by atoms with van der Waals surface area (Å²) < 4.78 is 24.8. The van der Waals surface area contributed by atoms with Crippen LogP contribution in [0.4, 0.5) is 5.69 Å². The minimum Gasteiger partial charge on any atom is -0.347 e. The molecule has 1 aliphatic carbocycles. The van der Waals surface area contributed by atoms with Gasteiger partial charge in [-0.3, -0.25) is 9.59 Å². The highest BCUT2D eigenvalue weighted by molar-refractivity contribution is 7.91. The molecule has 1 saturated carbocycles. The van der Waals surface area contributed by atoms with Crippen molar-refractivity contribution in [2.45, 2.75) is 56.4 Å². The first kappa shape index (κ1) is 25.4. The standard InChI is InChI=1S/C27H35N3O4S/c1-27(2,22-4-3-15-28-17-22)30-26(32)21-9-11-23(12-10-21)29-25(31)16-19-7-13-24(14-8-19)35(33,34)18-20-5-6-20/h7-14,20,22,28H,3-6,15-18H2,1-2H3,(H,29,31)(H,30,32). The van der Waals surface area contributed by atoms with Crippen LogP contribution in [0.15, 0.2) is 53.4 Å². The average Bonchev–Trinajstić information content (AvgIpc) is 3.63. The molecule has 2 amide bonds. The Morgan fingerprint density at radius 1 is 1.00 bits per heavy atom. The molecular formula is C27H35N3O4S. The van der Waals surface area contributed by atoms with Gasteiger partial charge in [-0.15, -0.1) is 0 Å². The number of carbonyl (C=O) groups is 2. The number of rotatable bonds is 9. The summed E-state index contributed by atoms with van der Waals surface area (Å²) in [4.78, 5) is 25.6. The molecule has 188 valence electrons. The Morgan fingerprint density at radius 3 is 2.29 bits per heavy atom. The van der Waals surface area contributed by atoms with Crippen LogP contribution in [0.5, 0.6) is 0 Å². The van der Waals surface area contributed by atoms with Crippen LogP contribution in [0.2, 0.25) is 0 Å². The van der Waals surface area contributed by atoms with Gasteiger partial charge in [0.1, 0.15) is 0 Å². The molecule has 0 spiro atoms. The Labute approximate surface area is 208 Å². The van der Waals surface area contributed by atoms with E-state index in [4.69, 9.17) is 0 Å². The molecular weight excluding hydrogens is 462 g/mol. The molecule has 3 N–H and O–H groups in total. The highest BCUT2D eigenvalue weighted by atomic mass is 32.2. The predicted octanol–water partition coefficient (Wildman–Crippen LogP) is 3.56. The number of hydrogen-bond acceptors (Lipinski definition) is 5. The number of benzene rings is 2. The van der Waals surface area contributed by atoms with E-state index < -0.39 is 9.84 Å². The normalized spacial score (nSPS) is 18.6. The van der Waals surface area contributed by atoms with Crippen molar-refractivity contribution in [2.24, 2.45) is 11.8 Å². The lowest BCUT2D eigenvalue weighted by Crippen LogP contribution is -2.53. The Kier molecular flexibility index (Phi) is 7.62. The number of amides is 2. The molecule has 0 bridgehead atoms. The van der Waals surface area contributed by atoms with Crippen LogP contribution in [-0.4, -0.2) is 44.6 Å². The van der Waals surface area contributed by atoms with Crippen molar-refractivity contribution in [1.29, 1.82) is 0 Å². The zero-order valence-electron chi connectivity index (χ0n) is 20.5. The molecule has 35 heavy (non-hydrogen) atoms. The summed E-state index contributed by atoms with van der Waals surface area (Å²) in [6, 6.07) is 13.4. The summed E-state index contributed by atoms with van der Waals surface area (Å²) >= 11 is 0. The number of sulfone groups is 1. The van der Waals surface area contributed by atoms with Gasteiger partial charge in [-0.05, 0) is 99.9 Å². The van der Waals surface area contributed by atoms with E-state index in [1.807, 2.05) is 0 Å². The molecule has 0 radical (unpaired) electrons.